The summed E-state index contributed by atoms with van der Waals surface area (Å²) in [5.41, 5.74) is -0.0306. The molecule has 0 spiro atoms. The van der Waals surface area contributed by atoms with E-state index in [1.54, 1.807) is 36.4 Å². The zero-order valence-electron chi connectivity index (χ0n) is 15.0. The molecule has 3 aromatic rings. The van der Waals surface area contributed by atoms with Crippen molar-refractivity contribution in [2.24, 2.45) is 0 Å². The topological polar surface area (TPSA) is 135 Å². The van der Waals surface area contributed by atoms with Gasteiger partial charge in [-0.2, -0.15) is 0 Å². The monoisotopic (exact) mass is 415 g/mol. The van der Waals surface area contributed by atoms with Crippen molar-refractivity contribution in [1.29, 1.82) is 0 Å². The number of hydrogen-bond donors (Lipinski definition) is 3. The molecule has 9 nitrogen and oxygen atoms in total. The molecule has 2 amide bonds. The molecule has 0 aliphatic rings. The fourth-order valence-electron chi connectivity index (χ4n) is 2.53. The van der Waals surface area contributed by atoms with Gasteiger partial charge >= 0.3 is 6.09 Å². The predicted molar refractivity (Wildman–Crippen MR) is 104 cm³/mol. The second-order valence-corrected chi connectivity index (χ2v) is 7.49. The molecule has 0 saturated carbocycles. The normalized spacial score (nSPS) is 11.1. The maximum absolute atomic E-state index is 12.7. The van der Waals surface area contributed by atoms with Gasteiger partial charge in [0.1, 0.15) is 0 Å². The Kier molecular flexibility index (Phi) is 6.05. The summed E-state index contributed by atoms with van der Waals surface area (Å²) in [6, 6.07) is 14.2. The van der Waals surface area contributed by atoms with E-state index in [1.807, 2.05) is 4.72 Å². The van der Waals surface area contributed by atoms with Crippen molar-refractivity contribution in [2.45, 2.75) is 4.90 Å². The molecule has 0 radical (unpaired) electrons. The Bertz CT molecular complexity index is 1140. The Labute approximate surface area is 166 Å². The SMILES string of the molecule is O=C(NCCO)Oc1ccc(C(=O)NS(=O)(=O)c2cccc3ccccc23)cn1. The van der Waals surface area contributed by atoms with E-state index in [0.717, 1.165) is 11.6 Å². The van der Waals surface area contributed by atoms with Crippen LogP contribution in [0.5, 0.6) is 5.88 Å². The first-order valence-corrected chi connectivity index (χ1v) is 9.96. The van der Waals surface area contributed by atoms with Gasteiger partial charge in [-0.25, -0.2) is 22.9 Å². The number of sulfonamides is 1. The van der Waals surface area contributed by atoms with Gasteiger partial charge in [0.05, 0.1) is 17.1 Å². The summed E-state index contributed by atoms with van der Waals surface area (Å²) >= 11 is 0. The Morgan fingerprint density at radius 1 is 1.03 bits per heavy atom. The van der Waals surface area contributed by atoms with Gasteiger partial charge in [0, 0.05) is 24.2 Å². The van der Waals surface area contributed by atoms with E-state index in [4.69, 9.17) is 9.84 Å². The molecule has 0 atom stereocenters. The molecule has 0 saturated heterocycles. The summed E-state index contributed by atoms with van der Waals surface area (Å²) < 4.78 is 32.2. The van der Waals surface area contributed by atoms with Gasteiger partial charge in [0.25, 0.3) is 15.9 Å². The molecule has 0 aliphatic carbocycles. The minimum absolute atomic E-state index is 0.0163. The first-order chi connectivity index (χ1) is 13.9. The van der Waals surface area contributed by atoms with Crippen LogP contribution >= 0.6 is 0 Å². The summed E-state index contributed by atoms with van der Waals surface area (Å²) in [6.45, 7) is -0.224. The van der Waals surface area contributed by atoms with Gasteiger partial charge in [-0.1, -0.05) is 36.4 Å². The molecule has 1 heterocycles. The van der Waals surface area contributed by atoms with Crippen LogP contribution in [0.4, 0.5) is 4.79 Å². The number of aromatic nitrogens is 1. The first-order valence-electron chi connectivity index (χ1n) is 8.48. The molecule has 1 aromatic heterocycles. The number of carbonyl (C=O) groups excluding carboxylic acids is 2. The summed E-state index contributed by atoms with van der Waals surface area (Å²) in [4.78, 5) is 27.5. The van der Waals surface area contributed by atoms with Crippen LogP contribution in [-0.2, 0) is 10.0 Å². The Balaban J connectivity index is 1.74. The van der Waals surface area contributed by atoms with Gasteiger partial charge in [-0.05, 0) is 17.5 Å². The molecule has 3 N–H and O–H groups in total. The van der Waals surface area contributed by atoms with Crippen LogP contribution < -0.4 is 14.8 Å². The lowest BCUT2D eigenvalue weighted by molar-refractivity contribution is 0.0981. The summed E-state index contributed by atoms with van der Waals surface area (Å²) in [5, 5.41) is 12.1. The number of hydrogen-bond acceptors (Lipinski definition) is 7. The Hall–Kier alpha value is -3.50. The molecule has 10 heteroatoms. The van der Waals surface area contributed by atoms with E-state index >= 15 is 0 Å². The highest BCUT2D eigenvalue weighted by Gasteiger charge is 2.21. The lowest BCUT2D eigenvalue weighted by Gasteiger charge is -2.10. The van der Waals surface area contributed by atoms with Crippen molar-refractivity contribution in [3.8, 4) is 5.88 Å². The highest BCUT2D eigenvalue weighted by Crippen LogP contribution is 2.22. The number of nitrogens with one attached hydrogen (secondary N) is 2. The fraction of sp³-hybridized carbons (Fsp3) is 0.105. The number of pyridine rings is 1. The second-order valence-electron chi connectivity index (χ2n) is 5.84. The third-order valence-electron chi connectivity index (χ3n) is 3.84. The van der Waals surface area contributed by atoms with Gasteiger partial charge in [-0.3, -0.25) is 4.79 Å². The van der Waals surface area contributed by atoms with E-state index in [9.17, 15) is 18.0 Å². The van der Waals surface area contributed by atoms with Crippen molar-refractivity contribution in [3.63, 3.8) is 0 Å². The van der Waals surface area contributed by atoms with Gasteiger partial charge in [0.15, 0.2) is 0 Å². The Morgan fingerprint density at radius 2 is 1.79 bits per heavy atom. The maximum atomic E-state index is 12.7. The summed E-state index contributed by atoms with van der Waals surface area (Å²) in [5.74, 6) is -0.962. The molecule has 2 aromatic carbocycles. The predicted octanol–water partition coefficient (Wildman–Crippen LogP) is 1.43. The lowest BCUT2D eigenvalue weighted by atomic mass is 10.1. The van der Waals surface area contributed by atoms with Crippen LogP contribution in [0.25, 0.3) is 10.8 Å². The molecule has 0 bridgehead atoms. The number of benzene rings is 2. The standard InChI is InChI=1S/C19H17N3O6S/c23-11-10-20-19(25)28-17-9-8-14(12-21-17)18(24)22-29(26,27)16-7-3-5-13-4-1-2-6-15(13)16/h1-9,12,23H,10-11H2,(H,20,25)(H,22,24). The number of aliphatic hydroxyl groups excluding tert-OH is 1. The highest BCUT2D eigenvalue weighted by atomic mass is 32.2. The minimum Gasteiger partial charge on any atom is -0.395 e. The van der Waals surface area contributed by atoms with Gasteiger partial charge < -0.3 is 15.2 Å². The van der Waals surface area contributed by atoms with Crippen LogP contribution in [0.15, 0.2) is 65.7 Å². The second kappa shape index (κ2) is 8.67. The van der Waals surface area contributed by atoms with Crippen molar-refractivity contribution in [1.82, 2.24) is 15.0 Å². The van der Waals surface area contributed by atoms with Gasteiger partial charge in [0.2, 0.25) is 5.88 Å². The molecule has 0 unspecified atom stereocenters. The van der Waals surface area contributed by atoms with Gasteiger partial charge in [-0.15, -0.1) is 0 Å². The third kappa shape index (κ3) is 4.86. The third-order valence-corrected chi connectivity index (χ3v) is 5.23. The van der Waals surface area contributed by atoms with E-state index in [2.05, 4.69) is 10.3 Å². The molecule has 150 valence electrons. The Morgan fingerprint density at radius 3 is 2.52 bits per heavy atom. The average Bonchev–Trinajstić information content (AvgIpc) is 2.72. The number of carbonyl (C=O) groups is 2. The molecule has 0 fully saturated rings. The van der Waals surface area contributed by atoms with Crippen molar-refractivity contribution < 1.29 is 27.9 Å². The van der Waals surface area contributed by atoms with E-state index in [-0.39, 0.29) is 29.5 Å². The van der Waals surface area contributed by atoms with E-state index < -0.39 is 22.0 Å². The molecule has 29 heavy (non-hydrogen) atoms. The molecule has 0 aliphatic heterocycles. The molecular formula is C19H17N3O6S. The van der Waals surface area contributed by atoms with E-state index in [0.29, 0.717) is 5.39 Å². The maximum Gasteiger partial charge on any atom is 0.414 e. The van der Waals surface area contributed by atoms with Crippen molar-refractivity contribution >= 4 is 32.8 Å². The average molecular weight is 415 g/mol. The quantitative estimate of drug-likeness (QED) is 0.554. The first kappa shape index (κ1) is 20.2. The number of fused-ring (bicyclic) bond motifs is 1. The number of ether oxygens (including phenoxy) is 1. The number of amides is 2. The van der Waals surface area contributed by atoms with Crippen LogP contribution in [-0.4, -0.2) is 43.7 Å². The number of rotatable bonds is 6. The van der Waals surface area contributed by atoms with Crippen LogP contribution in [0, 0.1) is 0 Å². The van der Waals surface area contributed by atoms with Crippen LogP contribution in [0.1, 0.15) is 10.4 Å². The molecular weight excluding hydrogens is 398 g/mol. The van der Waals surface area contributed by atoms with E-state index in [1.165, 1.54) is 18.2 Å². The summed E-state index contributed by atoms with van der Waals surface area (Å²) in [6.07, 6.45) is 0.269. The fourth-order valence-corrected chi connectivity index (χ4v) is 3.73. The van der Waals surface area contributed by atoms with Crippen LogP contribution in [0.2, 0.25) is 0 Å². The zero-order chi connectivity index (χ0) is 20.9. The molecule has 3 rings (SSSR count). The number of nitrogens with zero attached hydrogens (tertiary/aromatic N) is 1. The highest BCUT2D eigenvalue weighted by molar-refractivity contribution is 7.90. The lowest BCUT2D eigenvalue weighted by Crippen LogP contribution is -2.31. The minimum atomic E-state index is -4.12. The van der Waals surface area contributed by atoms with Crippen molar-refractivity contribution in [3.05, 3.63) is 66.4 Å². The largest absolute Gasteiger partial charge is 0.414 e. The summed E-state index contributed by atoms with van der Waals surface area (Å²) in [7, 11) is -4.12. The smallest absolute Gasteiger partial charge is 0.395 e. The zero-order valence-corrected chi connectivity index (χ0v) is 15.8. The van der Waals surface area contributed by atoms with Crippen molar-refractivity contribution in [2.75, 3.05) is 13.2 Å². The number of aliphatic hydroxyl groups is 1. The van der Waals surface area contributed by atoms with Crippen LogP contribution in [0.3, 0.4) is 0 Å².